The van der Waals surface area contributed by atoms with Crippen LogP contribution in [-0.2, 0) is 14.3 Å². The number of hydrogen-bond acceptors (Lipinski definition) is 5. The predicted octanol–water partition coefficient (Wildman–Crippen LogP) is 0.986. The molecule has 0 aliphatic carbocycles. The molecule has 2 aliphatic heterocycles. The Morgan fingerprint density at radius 1 is 1.19 bits per heavy atom. The van der Waals surface area contributed by atoms with Gasteiger partial charge in [0.2, 0.25) is 6.41 Å². The highest BCUT2D eigenvalue weighted by Crippen LogP contribution is 2.25. The van der Waals surface area contributed by atoms with Crippen LogP contribution in [0.5, 0.6) is 0 Å². The third kappa shape index (κ3) is 2.99. The largest absolute Gasteiger partial charge is 0.375 e. The average molecular weight is 295 g/mol. The number of halogens is 1. The molecule has 0 bridgehead atoms. The van der Waals surface area contributed by atoms with Gasteiger partial charge in [-0.25, -0.2) is 9.40 Å². The minimum atomic E-state index is -1.13. The van der Waals surface area contributed by atoms with Gasteiger partial charge in [-0.05, 0) is 24.3 Å². The Bertz CT molecular complexity index is 479. The van der Waals surface area contributed by atoms with E-state index in [4.69, 9.17) is 9.47 Å². The number of morpholine rings is 1. The van der Waals surface area contributed by atoms with Crippen molar-refractivity contribution in [3.8, 4) is 0 Å². The van der Waals surface area contributed by atoms with Gasteiger partial charge in [0.25, 0.3) is 0 Å². The minimum absolute atomic E-state index is 0.0906. The Morgan fingerprint density at radius 3 is 2.57 bits per heavy atom. The van der Waals surface area contributed by atoms with E-state index < -0.39 is 6.30 Å². The highest BCUT2D eigenvalue weighted by Gasteiger charge is 2.23. The van der Waals surface area contributed by atoms with Crippen molar-refractivity contribution in [3.63, 3.8) is 0 Å². The summed E-state index contributed by atoms with van der Waals surface area (Å²) in [6.45, 7) is 2.83. The molecule has 2 aliphatic rings. The number of rotatable bonds is 4. The molecule has 21 heavy (non-hydrogen) atoms. The van der Waals surface area contributed by atoms with Crippen molar-refractivity contribution in [1.82, 2.24) is 5.01 Å². The quantitative estimate of drug-likeness (QED) is 0.612. The summed E-state index contributed by atoms with van der Waals surface area (Å²) in [5.41, 5.74) is 1.53. The molecule has 1 amide bonds. The first-order chi connectivity index (χ1) is 10.3. The molecule has 2 fully saturated rings. The normalized spacial score (nSPS) is 23.3. The highest BCUT2D eigenvalue weighted by molar-refractivity contribution is 5.74. The van der Waals surface area contributed by atoms with Crippen LogP contribution in [0.15, 0.2) is 24.3 Å². The van der Waals surface area contributed by atoms with E-state index in [2.05, 4.69) is 0 Å². The van der Waals surface area contributed by atoms with E-state index in [1.165, 1.54) is 5.01 Å². The molecule has 114 valence electrons. The maximum atomic E-state index is 13.8. The number of ether oxygens (including phenoxy) is 2. The second-order valence-corrected chi connectivity index (χ2v) is 4.94. The lowest BCUT2D eigenvalue weighted by molar-refractivity contribution is -0.110. The van der Waals surface area contributed by atoms with E-state index in [0.29, 0.717) is 33.0 Å². The summed E-state index contributed by atoms with van der Waals surface area (Å²) >= 11 is 0. The van der Waals surface area contributed by atoms with Crippen LogP contribution in [0.3, 0.4) is 0 Å². The third-order valence-corrected chi connectivity index (χ3v) is 3.65. The Balaban J connectivity index is 1.74. The molecule has 0 saturated carbocycles. The second kappa shape index (κ2) is 6.38. The van der Waals surface area contributed by atoms with E-state index in [1.54, 1.807) is 4.90 Å². The molecular weight excluding hydrogens is 277 g/mol. The monoisotopic (exact) mass is 295 g/mol. The van der Waals surface area contributed by atoms with Gasteiger partial charge in [-0.2, -0.15) is 5.01 Å². The smallest absolute Gasteiger partial charge is 0.228 e. The number of hydrogen-bond donors (Lipinski definition) is 0. The van der Waals surface area contributed by atoms with Gasteiger partial charge in [0.1, 0.15) is 6.73 Å². The van der Waals surface area contributed by atoms with Crippen molar-refractivity contribution in [2.45, 2.75) is 6.30 Å². The van der Waals surface area contributed by atoms with Crippen molar-refractivity contribution in [2.24, 2.45) is 0 Å². The molecule has 1 unspecified atom stereocenters. The second-order valence-electron chi connectivity index (χ2n) is 4.94. The SMILES string of the molecule is O=CN(c1ccc(N2CCOCC2F)cc1)N1CCOC1. The lowest BCUT2D eigenvalue weighted by atomic mass is 10.2. The number of carbonyl (C=O) groups excluding carboxylic acids is 1. The van der Waals surface area contributed by atoms with Crippen molar-refractivity contribution in [3.05, 3.63) is 24.3 Å². The van der Waals surface area contributed by atoms with Gasteiger partial charge in [0.05, 0.1) is 25.5 Å². The Morgan fingerprint density at radius 2 is 1.95 bits per heavy atom. The first-order valence-corrected chi connectivity index (χ1v) is 6.95. The number of alkyl halides is 1. The van der Waals surface area contributed by atoms with Gasteiger partial charge in [-0.3, -0.25) is 4.79 Å². The van der Waals surface area contributed by atoms with Gasteiger partial charge in [-0.15, -0.1) is 0 Å². The molecule has 1 aromatic rings. The van der Waals surface area contributed by atoms with Crippen molar-refractivity contribution < 1.29 is 18.7 Å². The van der Waals surface area contributed by atoms with Crippen LogP contribution in [0.25, 0.3) is 0 Å². The molecule has 1 atom stereocenters. The third-order valence-electron chi connectivity index (χ3n) is 3.65. The molecule has 0 N–H and O–H groups in total. The zero-order chi connectivity index (χ0) is 14.7. The number of carbonyl (C=O) groups is 1. The van der Waals surface area contributed by atoms with Gasteiger partial charge < -0.3 is 14.4 Å². The Kier molecular flexibility index (Phi) is 4.33. The Hall–Kier alpha value is -1.70. The highest BCUT2D eigenvalue weighted by atomic mass is 19.1. The van der Waals surface area contributed by atoms with Gasteiger partial charge >= 0.3 is 0 Å². The van der Waals surface area contributed by atoms with Gasteiger partial charge in [0.15, 0.2) is 6.30 Å². The molecule has 7 heteroatoms. The topological polar surface area (TPSA) is 45.2 Å². The maximum Gasteiger partial charge on any atom is 0.228 e. The summed E-state index contributed by atoms with van der Waals surface area (Å²) in [6, 6.07) is 7.26. The first kappa shape index (κ1) is 14.2. The summed E-state index contributed by atoms with van der Waals surface area (Å²) in [7, 11) is 0. The number of benzene rings is 1. The zero-order valence-electron chi connectivity index (χ0n) is 11.7. The van der Waals surface area contributed by atoms with Crippen LogP contribution < -0.4 is 9.91 Å². The van der Waals surface area contributed by atoms with Gasteiger partial charge in [0, 0.05) is 18.8 Å². The van der Waals surface area contributed by atoms with Crippen molar-refractivity contribution in [1.29, 1.82) is 0 Å². The summed E-state index contributed by atoms with van der Waals surface area (Å²) < 4.78 is 24.2. The predicted molar refractivity (Wildman–Crippen MR) is 75.6 cm³/mol. The Labute approximate surface area is 122 Å². The van der Waals surface area contributed by atoms with E-state index >= 15 is 0 Å². The van der Waals surface area contributed by atoms with E-state index in [9.17, 15) is 9.18 Å². The maximum absolute atomic E-state index is 13.8. The fourth-order valence-corrected chi connectivity index (χ4v) is 2.53. The van der Waals surface area contributed by atoms with Crippen LogP contribution in [-0.4, -0.2) is 57.4 Å². The molecule has 2 heterocycles. The first-order valence-electron chi connectivity index (χ1n) is 6.95. The van der Waals surface area contributed by atoms with Crippen molar-refractivity contribution in [2.75, 3.05) is 49.5 Å². The van der Waals surface area contributed by atoms with E-state index in [-0.39, 0.29) is 6.61 Å². The summed E-state index contributed by atoms with van der Waals surface area (Å²) in [4.78, 5) is 12.9. The number of hydrazine groups is 1. The average Bonchev–Trinajstić information content (AvgIpc) is 3.04. The molecular formula is C14H18FN3O3. The molecule has 0 radical (unpaired) electrons. The number of nitrogens with zero attached hydrogens (tertiary/aromatic N) is 3. The lowest BCUT2D eigenvalue weighted by Crippen LogP contribution is -2.43. The summed E-state index contributed by atoms with van der Waals surface area (Å²) in [5.74, 6) is 0. The van der Waals surface area contributed by atoms with Crippen LogP contribution in [0.4, 0.5) is 15.8 Å². The van der Waals surface area contributed by atoms with Crippen LogP contribution in [0, 0.1) is 0 Å². The lowest BCUT2D eigenvalue weighted by Gasteiger charge is -2.33. The summed E-state index contributed by atoms with van der Waals surface area (Å²) in [6.07, 6.45) is -0.366. The zero-order valence-corrected chi connectivity index (χ0v) is 11.7. The van der Waals surface area contributed by atoms with Crippen LogP contribution in [0.2, 0.25) is 0 Å². The molecule has 6 nitrogen and oxygen atoms in total. The van der Waals surface area contributed by atoms with Crippen molar-refractivity contribution >= 4 is 17.8 Å². The van der Waals surface area contributed by atoms with E-state index in [0.717, 1.165) is 17.8 Å². The molecule has 0 aromatic heterocycles. The van der Waals surface area contributed by atoms with E-state index in [1.807, 2.05) is 29.3 Å². The molecule has 2 saturated heterocycles. The standard InChI is InChI=1S/C14H18FN3O3/c15-14-9-20-8-6-17(14)12-1-3-13(4-2-12)18(10-19)16-5-7-21-11-16/h1-4,10,14H,5-9,11H2. The molecule has 1 aromatic carbocycles. The fourth-order valence-electron chi connectivity index (χ4n) is 2.53. The minimum Gasteiger partial charge on any atom is -0.375 e. The summed E-state index contributed by atoms with van der Waals surface area (Å²) in [5, 5.41) is 3.33. The molecule has 3 rings (SSSR count). The van der Waals surface area contributed by atoms with Crippen LogP contribution in [0.1, 0.15) is 0 Å². The fraction of sp³-hybridized carbons (Fsp3) is 0.500. The molecule has 0 spiro atoms. The van der Waals surface area contributed by atoms with Crippen LogP contribution >= 0.6 is 0 Å². The number of amides is 1. The van der Waals surface area contributed by atoms with Gasteiger partial charge in [-0.1, -0.05) is 0 Å². The number of anilines is 2.